The highest BCUT2D eigenvalue weighted by molar-refractivity contribution is 4.86. The zero-order valence-corrected chi connectivity index (χ0v) is 9.03. The van der Waals surface area contributed by atoms with Crippen molar-refractivity contribution in [3.05, 3.63) is 0 Å². The van der Waals surface area contributed by atoms with E-state index in [1.807, 2.05) is 0 Å². The molecule has 1 saturated heterocycles. The fourth-order valence-corrected chi connectivity index (χ4v) is 1.83. The fraction of sp³-hybridized carbons (Fsp3) is 1.00. The predicted octanol–water partition coefficient (Wildman–Crippen LogP) is -0.424. The molecule has 0 aliphatic carbocycles. The molecular weight excluding hydrogens is 182 g/mol. The van der Waals surface area contributed by atoms with Crippen LogP contribution in [0.2, 0.25) is 0 Å². The SMILES string of the molecule is CC(C)(O)CN1CCC(O)(CO)CC1. The highest BCUT2D eigenvalue weighted by atomic mass is 16.3. The van der Waals surface area contributed by atoms with Crippen LogP contribution in [0.4, 0.5) is 0 Å². The summed E-state index contributed by atoms with van der Waals surface area (Å²) in [4.78, 5) is 2.12. The Morgan fingerprint density at radius 3 is 2.14 bits per heavy atom. The lowest BCUT2D eigenvalue weighted by molar-refractivity contribution is -0.0706. The number of hydrogen-bond acceptors (Lipinski definition) is 4. The minimum atomic E-state index is -0.893. The quantitative estimate of drug-likeness (QED) is 0.583. The molecule has 4 nitrogen and oxygen atoms in total. The van der Waals surface area contributed by atoms with Gasteiger partial charge < -0.3 is 20.2 Å². The molecular formula is C10H21NO3. The van der Waals surface area contributed by atoms with Crippen LogP contribution in [0, 0.1) is 0 Å². The molecule has 0 bridgehead atoms. The van der Waals surface area contributed by atoms with Crippen LogP contribution in [0.3, 0.4) is 0 Å². The average molecular weight is 203 g/mol. The molecule has 1 fully saturated rings. The van der Waals surface area contributed by atoms with E-state index in [4.69, 9.17) is 5.11 Å². The third-order valence-electron chi connectivity index (χ3n) is 2.69. The first kappa shape index (κ1) is 11.9. The van der Waals surface area contributed by atoms with Crippen molar-refractivity contribution in [1.82, 2.24) is 4.90 Å². The molecule has 0 unspecified atom stereocenters. The average Bonchev–Trinajstić information content (AvgIpc) is 2.07. The molecule has 0 spiro atoms. The number of β-amino-alcohol motifs (C(OH)–C–C–N with tert-alkyl or cyclic N) is 1. The van der Waals surface area contributed by atoms with E-state index in [0.29, 0.717) is 19.4 Å². The van der Waals surface area contributed by atoms with Crippen molar-refractivity contribution in [3.63, 3.8) is 0 Å². The minimum absolute atomic E-state index is 0.163. The fourth-order valence-electron chi connectivity index (χ4n) is 1.83. The third kappa shape index (κ3) is 3.53. The summed E-state index contributed by atoms with van der Waals surface area (Å²) in [6.07, 6.45) is 1.17. The monoisotopic (exact) mass is 203 g/mol. The molecule has 0 radical (unpaired) electrons. The van der Waals surface area contributed by atoms with Crippen molar-refractivity contribution in [2.75, 3.05) is 26.2 Å². The Kier molecular flexibility index (Phi) is 3.53. The van der Waals surface area contributed by atoms with E-state index in [-0.39, 0.29) is 6.61 Å². The number of piperidine rings is 1. The maximum atomic E-state index is 9.76. The van der Waals surface area contributed by atoms with Crippen molar-refractivity contribution < 1.29 is 15.3 Å². The molecule has 3 N–H and O–H groups in total. The van der Waals surface area contributed by atoms with Crippen LogP contribution in [-0.4, -0.2) is 57.7 Å². The number of hydrogen-bond donors (Lipinski definition) is 3. The summed E-state index contributed by atoms with van der Waals surface area (Å²) in [5.41, 5.74) is -1.58. The lowest BCUT2D eigenvalue weighted by Gasteiger charge is -2.39. The van der Waals surface area contributed by atoms with Crippen molar-refractivity contribution in [2.45, 2.75) is 37.9 Å². The smallest absolute Gasteiger partial charge is 0.0901 e. The molecule has 1 aliphatic rings. The van der Waals surface area contributed by atoms with Crippen LogP contribution in [0.25, 0.3) is 0 Å². The van der Waals surface area contributed by atoms with Crippen molar-refractivity contribution >= 4 is 0 Å². The molecule has 14 heavy (non-hydrogen) atoms. The normalized spacial score (nSPS) is 23.8. The number of likely N-dealkylation sites (tertiary alicyclic amines) is 1. The van der Waals surface area contributed by atoms with Crippen LogP contribution >= 0.6 is 0 Å². The number of rotatable bonds is 3. The summed E-state index contributed by atoms with van der Waals surface area (Å²) < 4.78 is 0. The van der Waals surface area contributed by atoms with Gasteiger partial charge in [0.25, 0.3) is 0 Å². The van der Waals surface area contributed by atoms with Gasteiger partial charge in [0.1, 0.15) is 0 Å². The Morgan fingerprint density at radius 2 is 1.79 bits per heavy atom. The van der Waals surface area contributed by atoms with Crippen LogP contribution in [0.15, 0.2) is 0 Å². The maximum Gasteiger partial charge on any atom is 0.0901 e. The number of aliphatic hydroxyl groups excluding tert-OH is 1. The van der Waals surface area contributed by atoms with Crippen LogP contribution < -0.4 is 0 Å². The molecule has 4 heteroatoms. The van der Waals surface area contributed by atoms with Crippen LogP contribution in [-0.2, 0) is 0 Å². The van der Waals surface area contributed by atoms with E-state index < -0.39 is 11.2 Å². The van der Waals surface area contributed by atoms with Gasteiger partial charge in [-0.25, -0.2) is 0 Å². The first-order valence-electron chi connectivity index (χ1n) is 5.13. The predicted molar refractivity (Wildman–Crippen MR) is 54.0 cm³/mol. The highest BCUT2D eigenvalue weighted by Crippen LogP contribution is 2.22. The Balaban J connectivity index is 2.36. The second kappa shape index (κ2) is 4.14. The number of nitrogens with zero attached hydrogens (tertiary/aromatic N) is 1. The zero-order valence-electron chi connectivity index (χ0n) is 9.03. The standard InChI is InChI=1S/C10H21NO3/c1-9(2,13)7-11-5-3-10(14,8-12)4-6-11/h12-14H,3-8H2,1-2H3. The van der Waals surface area contributed by atoms with Crippen LogP contribution in [0.1, 0.15) is 26.7 Å². The minimum Gasteiger partial charge on any atom is -0.393 e. The first-order valence-corrected chi connectivity index (χ1v) is 5.13. The molecule has 0 aromatic heterocycles. The lowest BCUT2D eigenvalue weighted by atomic mass is 9.92. The molecule has 1 rings (SSSR count). The Hall–Kier alpha value is -0.160. The summed E-state index contributed by atoms with van der Waals surface area (Å²) >= 11 is 0. The third-order valence-corrected chi connectivity index (χ3v) is 2.69. The molecule has 84 valence electrons. The second-order valence-corrected chi connectivity index (χ2v) is 4.97. The summed E-state index contributed by atoms with van der Waals surface area (Å²) in [5.74, 6) is 0. The van der Waals surface area contributed by atoms with E-state index in [2.05, 4.69) is 4.90 Å². The van der Waals surface area contributed by atoms with Gasteiger partial charge in [0, 0.05) is 19.6 Å². The van der Waals surface area contributed by atoms with Gasteiger partial charge in [0.15, 0.2) is 0 Å². The molecule has 0 amide bonds. The summed E-state index contributed by atoms with van der Waals surface area (Å²) in [5, 5.41) is 28.3. The Morgan fingerprint density at radius 1 is 1.29 bits per heavy atom. The molecule has 0 aromatic carbocycles. The molecule has 0 aromatic rings. The Labute approximate surface area is 85.2 Å². The highest BCUT2D eigenvalue weighted by Gasteiger charge is 2.32. The van der Waals surface area contributed by atoms with Gasteiger partial charge in [-0.15, -0.1) is 0 Å². The first-order chi connectivity index (χ1) is 6.35. The molecule has 0 atom stereocenters. The van der Waals surface area contributed by atoms with Gasteiger partial charge in [0.05, 0.1) is 17.8 Å². The Bertz CT molecular complexity index is 180. The van der Waals surface area contributed by atoms with Crippen molar-refractivity contribution in [3.8, 4) is 0 Å². The van der Waals surface area contributed by atoms with Crippen molar-refractivity contribution in [1.29, 1.82) is 0 Å². The van der Waals surface area contributed by atoms with E-state index >= 15 is 0 Å². The van der Waals surface area contributed by atoms with Gasteiger partial charge in [-0.1, -0.05) is 0 Å². The van der Waals surface area contributed by atoms with Crippen LogP contribution in [0.5, 0.6) is 0 Å². The maximum absolute atomic E-state index is 9.76. The summed E-state index contributed by atoms with van der Waals surface area (Å²) in [6.45, 7) is 5.49. The second-order valence-electron chi connectivity index (χ2n) is 4.97. The van der Waals surface area contributed by atoms with Gasteiger partial charge in [-0.3, -0.25) is 0 Å². The van der Waals surface area contributed by atoms with E-state index in [9.17, 15) is 10.2 Å². The largest absolute Gasteiger partial charge is 0.393 e. The van der Waals surface area contributed by atoms with Gasteiger partial charge in [0.2, 0.25) is 0 Å². The summed E-state index contributed by atoms with van der Waals surface area (Å²) in [6, 6.07) is 0. The topological polar surface area (TPSA) is 63.9 Å². The van der Waals surface area contributed by atoms with E-state index in [1.54, 1.807) is 13.8 Å². The van der Waals surface area contributed by atoms with E-state index in [0.717, 1.165) is 13.1 Å². The van der Waals surface area contributed by atoms with Gasteiger partial charge in [-0.05, 0) is 26.7 Å². The lowest BCUT2D eigenvalue weighted by Crippen LogP contribution is -2.50. The van der Waals surface area contributed by atoms with E-state index in [1.165, 1.54) is 0 Å². The summed E-state index contributed by atoms with van der Waals surface area (Å²) in [7, 11) is 0. The number of aliphatic hydroxyl groups is 3. The van der Waals surface area contributed by atoms with Gasteiger partial charge >= 0.3 is 0 Å². The van der Waals surface area contributed by atoms with Crippen molar-refractivity contribution in [2.24, 2.45) is 0 Å². The molecule has 1 aliphatic heterocycles. The molecule has 1 heterocycles. The van der Waals surface area contributed by atoms with Gasteiger partial charge in [-0.2, -0.15) is 0 Å². The zero-order chi connectivity index (χ0) is 10.8. The molecule has 0 saturated carbocycles.